The lowest BCUT2D eigenvalue weighted by molar-refractivity contribution is -0.0108. The van der Waals surface area contributed by atoms with E-state index in [0.717, 1.165) is 6.42 Å². The van der Waals surface area contributed by atoms with Gasteiger partial charge in [0.25, 0.3) is 0 Å². The van der Waals surface area contributed by atoms with E-state index in [2.05, 4.69) is 6.92 Å². The first-order chi connectivity index (χ1) is 5.25. The van der Waals surface area contributed by atoms with Gasteiger partial charge in [0.1, 0.15) is 0 Å². The van der Waals surface area contributed by atoms with Crippen molar-refractivity contribution in [2.45, 2.75) is 30.6 Å². The maximum Gasteiger partial charge on any atom is 0.0915 e. The van der Waals surface area contributed by atoms with E-state index in [1.807, 2.05) is 11.8 Å². The van der Waals surface area contributed by atoms with Gasteiger partial charge >= 0.3 is 0 Å². The lowest BCUT2D eigenvalue weighted by Crippen LogP contribution is -2.49. The predicted octanol–water partition coefficient (Wildman–Crippen LogP) is 1.25. The number of methoxy groups -OCH3 is 1. The highest BCUT2D eigenvalue weighted by Crippen LogP contribution is 2.35. The van der Waals surface area contributed by atoms with E-state index in [-0.39, 0.29) is 5.60 Å². The summed E-state index contributed by atoms with van der Waals surface area (Å²) >= 11 is 1.97. The lowest BCUT2D eigenvalue weighted by Gasteiger charge is -2.40. The standard InChI is InChI=1S/C8H17NOS/c1-7-8(6-9,10-2)4-3-5-11-7/h7H,3-6,9H2,1-2H3. The second-order valence-electron chi connectivity index (χ2n) is 3.09. The van der Waals surface area contributed by atoms with Gasteiger partial charge < -0.3 is 10.5 Å². The van der Waals surface area contributed by atoms with E-state index < -0.39 is 0 Å². The fourth-order valence-electron chi connectivity index (χ4n) is 1.61. The van der Waals surface area contributed by atoms with Gasteiger partial charge in [-0.1, -0.05) is 6.92 Å². The minimum absolute atomic E-state index is 0.0388. The minimum Gasteiger partial charge on any atom is -0.376 e. The van der Waals surface area contributed by atoms with Gasteiger partial charge in [-0.3, -0.25) is 0 Å². The van der Waals surface area contributed by atoms with Crippen LogP contribution in [0.3, 0.4) is 0 Å². The summed E-state index contributed by atoms with van der Waals surface area (Å²) in [7, 11) is 1.77. The van der Waals surface area contributed by atoms with Crippen molar-refractivity contribution in [3.63, 3.8) is 0 Å². The number of thioether (sulfide) groups is 1. The average molecular weight is 175 g/mol. The zero-order chi connectivity index (χ0) is 8.32. The van der Waals surface area contributed by atoms with Crippen LogP contribution in [0.25, 0.3) is 0 Å². The van der Waals surface area contributed by atoms with E-state index in [9.17, 15) is 0 Å². The Bertz CT molecular complexity index is 125. The van der Waals surface area contributed by atoms with Gasteiger partial charge in [0.05, 0.1) is 5.60 Å². The Hall–Kier alpha value is 0.270. The molecule has 0 spiro atoms. The van der Waals surface area contributed by atoms with Crippen molar-refractivity contribution in [3.8, 4) is 0 Å². The molecule has 3 heteroatoms. The zero-order valence-corrected chi connectivity index (χ0v) is 8.12. The van der Waals surface area contributed by atoms with Crippen LogP contribution < -0.4 is 5.73 Å². The van der Waals surface area contributed by atoms with Crippen LogP contribution in [-0.4, -0.2) is 30.3 Å². The highest BCUT2D eigenvalue weighted by molar-refractivity contribution is 8.00. The number of hydrogen-bond acceptors (Lipinski definition) is 3. The van der Waals surface area contributed by atoms with Gasteiger partial charge in [0.2, 0.25) is 0 Å². The Balaban J connectivity index is 2.61. The third kappa shape index (κ3) is 1.71. The monoisotopic (exact) mass is 175 g/mol. The van der Waals surface area contributed by atoms with Crippen molar-refractivity contribution < 1.29 is 4.74 Å². The van der Waals surface area contributed by atoms with E-state index in [1.165, 1.54) is 12.2 Å². The fraction of sp³-hybridized carbons (Fsp3) is 1.00. The van der Waals surface area contributed by atoms with Crippen molar-refractivity contribution in [2.75, 3.05) is 19.4 Å². The summed E-state index contributed by atoms with van der Waals surface area (Å²) in [5.41, 5.74) is 5.66. The molecule has 0 saturated carbocycles. The number of hydrogen-bond donors (Lipinski definition) is 1. The van der Waals surface area contributed by atoms with Crippen LogP contribution >= 0.6 is 11.8 Å². The van der Waals surface area contributed by atoms with Gasteiger partial charge in [-0.05, 0) is 18.6 Å². The molecule has 0 aromatic carbocycles. The zero-order valence-electron chi connectivity index (χ0n) is 7.30. The molecule has 0 radical (unpaired) electrons. The van der Waals surface area contributed by atoms with Crippen molar-refractivity contribution in [1.29, 1.82) is 0 Å². The molecular formula is C8H17NOS. The summed E-state index contributed by atoms with van der Waals surface area (Å²) in [4.78, 5) is 0. The molecule has 11 heavy (non-hydrogen) atoms. The van der Waals surface area contributed by atoms with Crippen molar-refractivity contribution >= 4 is 11.8 Å². The van der Waals surface area contributed by atoms with Gasteiger partial charge in [-0.25, -0.2) is 0 Å². The van der Waals surface area contributed by atoms with Crippen molar-refractivity contribution in [1.82, 2.24) is 0 Å². The molecule has 0 aromatic heterocycles. The van der Waals surface area contributed by atoms with Gasteiger partial charge in [-0.15, -0.1) is 0 Å². The maximum atomic E-state index is 5.70. The molecule has 66 valence electrons. The molecular weight excluding hydrogens is 158 g/mol. The smallest absolute Gasteiger partial charge is 0.0915 e. The molecule has 1 rings (SSSR count). The highest BCUT2D eigenvalue weighted by atomic mass is 32.2. The summed E-state index contributed by atoms with van der Waals surface area (Å²) in [6.07, 6.45) is 2.36. The van der Waals surface area contributed by atoms with E-state index in [1.54, 1.807) is 7.11 Å². The largest absolute Gasteiger partial charge is 0.376 e. The average Bonchev–Trinajstić information content (AvgIpc) is 2.06. The summed E-state index contributed by atoms with van der Waals surface area (Å²) in [6, 6.07) is 0. The molecule has 1 aliphatic heterocycles. The molecule has 2 unspecified atom stereocenters. The third-order valence-electron chi connectivity index (χ3n) is 2.61. The molecule has 0 bridgehead atoms. The Morgan fingerprint density at radius 2 is 2.45 bits per heavy atom. The topological polar surface area (TPSA) is 35.2 Å². The normalized spacial score (nSPS) is 39.0. The number of nitrogens with two attached hydrogens (primary N) is 1. The van der Waals surface area contributed by atoms with E-state index in [0.29, 0.717) is 11.8 Å². The quantitative estimate of drug-likeness (QED) is 0.686. The summed E-state index contributed by atoms with van der Waals surface area (Å²) in [6.45, 7) is 2.86. The molecule has 2 N–H and O–H groups in total. The Morgan fingerprint density at radius 1 is 1.73 bits per heavy atom. The summed E-state index contributed by atoms with van der Waals surface area (Å²) in [5.74, 6) is 1.26. The molecule has 2 atom stereocenters. The number of rotatable bonds is 2. The molecule has 0 amide bonds. The molecule has 0 aliphatic carbocycles. The fourth-order valence-corrected chi connectivity index (χ4v) is 2.88. The van der Waals surface area contributed by atoms with Crippen molar-refractivity contribution in [2.24, 2.45) is 5.73 Å². The first-order valence-electron chi connectivity index (χ1n) is 4.12. The molecule has 2 nitrogen and oxygen atoms in total. The summed E-state index contributed by atoms with van der Waals surface area (Å²) < 4.78 is 5.49. The molecule has 0 aromatic rings. The maximum absolute atomic E-state index is 5.70. The lowest BCUT2D eigenvalue weighted by atomic mass is 9.94. The van der Waals surface area contributed by atoms with Crippen LogP contribution in [0.2, 0.25) is 0 Å². The molecule has 1 fully saturated rings. The summed E-state index contributed by atoms with van der Waals surface area (Å²) in [5, 5.41) is 0.547. The van der Waals surface area contributed by atoms with E-state index in [4.69, 9.17) is 10.5 Å². The highest BCUT2D eigenvalue weighted by Gasteiger charge is 2.37. The predicted molar refractivity (Wildman–Crippen MR) is 49.9 cm³/mol. The van der Waals surface area contributed by atoms with Crippen LogP contribution in [0, 0.1) is 0 Å². The first-order valence-corrected chi connectivity index (χ1v) is 5.17. The third-order valence-corrected chi connectivity index (χ3v) is 4.06. The Labute approximate surface area is 72.9 Å². The number of ether oxygens (including phenoxy) is 1. The van der Waals surface area contributed by atoms with Crippen LogP contribution in [0.15, 0.2) is 0 Å². The first kappa shape index (κ1) is 9.36. The molecule has 1 saturated heterocycles. The van der Waals surface area contributed by atoms with Gasteiger partial charge in [0.15, 0.2) is 0 Å². The Kier molecular flexibility index (Phi) is 3.22. The van der Waals surface area contributed by atoms with Crippen LogP contribution in [0.5, 0.6) is 0 Å². The minimum atomic E-state index is -0.0388. The van der Waals surface area contributed by atoms with Gasteiger partial charge in [-0.2, -0.15) is 11.8 Å². The van der Waals surface area contributed by atoms with Crippen LogP contribution in [-0.2, 0) is 4.74 Å². The van der Waals surface area contributed by atoms with E-state index >= 15 is 0 Å². The second kappa shape index (κ2) is 3.78. The second-order valence-corrected chi connectivity index (χ2v) is 4.54. The van der Waals surface area contributed by atoms with Crippen molar-refractivity contribution in [3.05, 3.63) is 0 Å². The molecule has 1 heterocycles. The van der Waals surface area contributed by atoms with Crippen LogP contribution in [0.4, 0.5) is 0 Å². The molecule has 1 aliphatic rings. The van der Waals surface area contributed by atoms with Crippen LogP contribution in [0.1, 0.15) is 19.8 Å². The van der Waals surface area contributed by atoms with Gasteiger partial charge in [0, 0.05) is 18.9 Å². The SMILES string of the molecule is COC1(CN)CCCSC1C. The Morgan fingerprint density at radius 3 is 2.82 bits per heavy atom.